The van der Waals surface area contributed by atoms with Crippen LogP contribution in [0.3, 0.4) is 0 Å². The van der Waals surface area contributed by atoms with E-state index in [0.29, 0.717) is 24.2 Å². The fourth-order valence-corrected chi connectivity index (χ4v) is 1.38. The third-order valence-corrected chi connectivity index (χ3v) is 2.12. The largest absolute Gasteiger partial charge is 0.504 e. The third-order valence-electron chi connectivity index (χ3n) is 2.12. The molecule has 82 valence electrons. The van der Waals surface area contributed by atoms with Gasteiger partial charge >= 0.3 is 0 Å². The summed E-state index contributed by atoms with van der Waals surface area (Å²) in [5.41, 5.74) is 0.850. The van der Waals surface area contributed by atoms with Crippen LogP contribution in [0.4, 0.5) is 0 Å². The molecule has 0 atom stereocenters. The first-order chi connectivity index (χ1) is 7.15. The SMILES string of the molecule is CCOc1cc(C=O)c(O)c(OC)c1C. The first kappa shape index (κ1) is 11.4. The van der Waals surface area contributed by atoms with Gasteiger partial charge in [0.15, 0.2) is 17.8 Å². The van der Waals surface area contributed by atoms with Crippen LogP contribution in [-0.4, -0.2) is 25.1 Å². The Kier molecular flexibility index (Phi) is 3.55. The summed E-state index contributed by atoms with van der Waals surface area (Å²) < 4.78 is 10.3. The van der Waals surface area contributed by atoms with Gasteiger partial charge in [-0.15, -0.1) is 0 Å². The molecular weight excluding hydrogens is 196 g/mol. The molecule has 0 fully saturated rings. The van der Waals surface area contributed by atoms with Crippen molar-refractivity contribution in [3.63, 3.8) is 0 Å². The van der Waals surface area contributed by atoms with E-state index in [-0.39, 0.29) is 17.1 Å². The molecule has 1 aromatic carbocycles. The normalized spacial score (nSPS) is 9.80. The molecule has 0 aliphatic carbocycles. The fraction of sp³-hybridized carbons (Fsp3) is 0.364. The molecule has 0 unspecified atom stereocenters. The van der Waals surface area contributed by atoms with Gasteiger partial charge in [-0.05, 0) is 19.9 Å². The Morgan fingerprint density at radius 3 is 2.67 bits per heavy atom. The predicted molar refractivity (Wildman–Crippen MR) is 56.0 cm³/mol. The topological polar surface area (TPSA) is 55.8 Å². The number of phenolic OH excluding ortho intramolecular Hbond substituents is 1. The summed E-state index contributed by atoms with van der Waals surface area (Å²) in [7, 11) is 1.44. The molecule has 1 N–H and O–H groups in total. The maximum Gasteiger partial charge on any atom is 0.168 e. The van der Waals surface area contributed by atoms with Gasteiger partial charge in [-0.25, -0.2) is 0 Å². The number of aromatic hydroxyl groups is 1. The molecule has 1 aromatic rings. The molecule has 1 rings (SSSR count). The standard InChI is InChI=1S/C11H14O4/c1-4-15-9-5-8(6-12)10(13)11(14-3)7(9)2/h5-6,13H,4H2,1-3H3. The maximum atomic E-state index is 10.7. The second kappa shape index (κ2) is 4.68. The van der Waals surface area contributed by atoms with Gasteiger partial charge in [-0.2, -0.15) is 0 Å². The van der Waals surface area contributed by atoms with Crippen molar-refractivity contribution in [1.82, 2.24) is 0 Å². The summed E-state index contributed by atoms with van der Waals surface area (Å²) in [6.45, 7) is 4.10. The minimum absolute atomic E-state index is 0.145. The molecule has 4 nitrogen and oxygen atoms in total. The Balaban J connectivity index is 3.36. The van der Waals surface area contributed by atoms with Crippen LogP contribution >= 0.6 is 0 Å². The van der Waals surface area contributed by atoms with Crippen molar-refractivity contribution in [2.75, 3.05) is 13.7 Å². The molecule has 0 aliphatic heterocycles. The van der Waals surface area contributed by atoms with Crippen molar-refractivity contribution in [2.45, 2.75) is 13.8 Å². The van der Waals surface area contributed by atoms with Gasteiger partial charge in [0.2, 0.25) is 0 Å². The lowest BCUT2D eigenvalue weighted by molar-refractivity contribution is 0.112. The summed E-state index contributed by atoms with van der Waals surface area (Å²) in [5, 5.41) is 9.65. The molecule has 0 saturated carbocycles. The molecule has 0 aromatic heterocycles. The predicted octanol–water partition coefficient (Wildman–Crippen LogP) is 1.92. The molecule has 15 heavy (non-hydrogen) atoms. The molecule has 0 heterocycles. The zero-order valence-corrected chi connectivity index (χ0v) is 9.03. The smallest absolute Gasteiger partial charge is 0.168 e. The Morgan fingerprint density at radius 1 is 1.53 bits per heavy atom. The monoisotopic (exact) mass is 210 g/mol. The summed E-state index contributed by atoms with van der Waals surface area (Å²) in [4.78, 5) is 10.7. The average molecular weight is 210 g/mol. The van der Waals surface area contributed by atoms with E-state index in [9.17, 15) is 9.90 Å². The number of phenols is 1. The van der Waals surface area contributed by atoms with Crippen LogP contribution in [0.2, 0.25) is 0 Å². The second-order valence-electron chi connectivity index (χ2n) is 3.02. The number of methoxy groups -OCH3 is 1. The summed E-state index contributed by atoms with van der Waals surface area (Å²) in [5.74, 6) is 0.686. The van der Waals surface area contributed by atoms with Crippen LogP contribution < -0.4 is 9.47 Å². The number of hydrogen-bond acceptors (Lipinski definition) is 4. The van der Waals surface area contributed by atoms with Crippen molar-refractivity contribution < 1.29 is 19.4 Å². The number of carbonyl (C=O) groups is 1. The highest BCUT2D eigenvalue weighted by atomic mass is 16.5. The highest BCUT2D eigenvalue weighted by Crippen LogP contribution is 2.38. The minimum Gasteiger partial charge on any atom is -0.504 e. The number of aldehydes is 1. The zero-order chi connectivity index (χ0) is 11.4. The van der Waals surface area contributed by atoms with Crippen LogP contribution in [0.15, 0.2) is 6.07 Å². The van der Waals surface area contributed by atoms with E-state index in [4.69, 9.17) is 9.47 Å². The van der Waals surface area contributed by atoms with E-state index in [2.05, 4.69) is 0 Å². The number of ether oxygens (including phenoxy) is 2. The Hall–Kier alpha value is -1.71. The van der Waals surface area contributed by atoms with E-state index in [0.717, 1.165) is 0 Å². The fourth-order valence-electron chi connectivity index (χ4n) is 1.38. The van der Waals surface area contributed by atoms with Crippen LogP contribution in [0.25, 0.3) is 0 Å². The lowest BCUT2D eigenvalue weighted by Gasteiger charge is -2.13. The van der Waals surface area contributed by atoms with Crippen LogP contribution in [0, 0.1) is 6.92 Å². The van der Waals surface area contributed by atoms with Crippen molar-refractivity contribution in [2.24, 2.45) is 0 Å². The van der Waals surface area contributed by atoms with Crippen LogP contribution in [0.5, 0.6) is 17.2 Å². The molecule has 0 amide bonds. The van der Waals surface area contributed by atoms with Gasteiger partial charge in [0.25, 0.3) is 0 Å². The van der Waals surface area contributed by atoms with E-state index in [1.807, 2.05) is 6.92 Å². The van der Waals surface area contributed by atoms with Crippen molar-refractivity contribution in [1.29, 1.82) is 0 Å². The maximum absolute atomic E-state index is 10.7. The molecule has 0 bridgehead atoms. The summed E-state index contributed by atoms with van der Waals surface area (Å²) in [6, 6.07) is 1.50. The van der Waals surface area contributed by atoms with Gasteiger partial charge in [0, 0.05) is 5.56 Å². The zero-order valence-electron chi connectivity index (χ0n) is 9.03. The molecular formula is C11H14O4. The van der Waals surface area contributed by atoms with Gasteiger partial charge in [-0.1, -0.05) is 0 Å². The van der Waals surface area contributed by atoms with Crippen molar-refractivity contribution >= 4 is 6.29 Å². The van der Waals surface area contributed by atoms with Gasteiger partial charge in [0.1, 0.15) is 5.75 Å². The van der Waals surface area contributed by atoms with E-state index < -0.39 is 0 Å². The Bertz CT molecular complexity index is 371. The Morgan fingerprint density at radius 2 is 2.20 bits per heavy atom. The molecule has 0 spiro atoms. The number of hydrogen-bond donors (Lipinski definition) is 1. The number of benzene rings is 1. The molecule has 0 aliphatic rings. The molecule has 4 heteroatoms. The van der Waals surface area contributed by atoms with Gasteiger partial charge in [-0.3, -0.25) is 4.79 Å². The lowest BCUT2D eigenvalue weighted by Crippen LogP contribution is -1.99. The molecule has 0 saturated heterocycles. The van der Waals surface area contributed by atoms with Crippen LogP contribution in [0.1, 0.15) is 22.8 Å². The van der Waals surface area contributed by atoms with Crippen molar-refractivity contribution in [3.05, 3.63) is 17.2 Å². The third kappa shape index (κ3) is 2.03. The van der Waals surface area contributed by atoms with E-state index in [1.165, 1.54) is 13.2 Å². The van der Waals surface area contributed by atoms with Gasteiger partial charge < -0.3 is 14.6 Å². The quantitative estimate of drug-likeness (QED) is 0.771. The van der Waals surface area contributed by atoms with Crippen LogP contribution in [-0.2, 0) is 0 Å². The number of carbonyl (C=O) groups excluding carboxylic acids is 1. The highest BCUT2D eigenvalue weighted by molar-refractivity contribution is 5.83. The first-order valence-electron chi connectivity index (χ1n) is 4.64. The van der Waals surface area contributed by atoms with Gasteiger partial charge in [0.05, 0.1) is 19.3 Å². The Labute approximate surface area is 88.4 Å². The first-order valence-corrected chi connectivity index (χ1v) is 4.64. The highest BCUT2D eigenvalue weighted by Gasteiger charge is 2.15. The van der Waals surface area contributed by atoms with Crippen molar-refractivity contribution in [3.8, 4) is 17.2 Å². The second-order valence-corrected chi connectivity index (χ2v) is 3.02. The average Bonchev–Trinajstić information content (AvgIpc) is 2.23. The van der Waals surface area contributed by atoms with E-state index in [1.54, 1.807) is 6.92 Å². The lowest BCUT2D eigenvalue weighted by atomic mass is 10.1. The van der Waals surface area contributed by atoms with E-state index >= 15 is 0 Å². The summed E-state index contributed by atoms with van der Waals surface area (Å²) in [6.07, 6.45) is 0.569. The summed E-state index contributed by atoms with van der Waals surface area (Å²) >= 11 is 0. The minimum atomic E-state index is -0.145. The number of rotatable bonds is 4. The molecule has 0 radical (unpaired) electrons.